The molecule has 0 radical (unpaired) electrons. The van der Waals surface area contributed by atoms with Crippen LogP contribution in [0.2, 0.25) is 0 Å². The van der Waals surface area contributed by atoms with Gasteiger partial charge in [-0.25, -0.2) is 10.2 Å². The van der Waals surface area contributed by atoms with Crippen LogP contribution < -0.4 is 0 Å². The first-order chi connectivity index (χ1) is 5.47. The molecule has 0 aromatic rings. The van der Waals surface area contributed by atoms with Gasteiger partial charge in [0.1, 0.15) is 0 Å². The second kappa shape index (κ2) is 8.39. The van der Waals surface area contributed by atoms with Crippen molar-refractivity contribution in [1.82, 2.24) is 0 Å². The van der Waals surface area contributed by atoms with Crippen molar-refractivity contribution in [3.05, 3.63) is 0 Å². The molecule has 72 valence electrons. The van der Waals surface area contributed by atoms with Crippen molar-refractivity contribution in [3.8, 4) is 0 Å². The summed E-state index contributed by atoms with van der Waals surface area (Å²) in [6.07, 6.45) is 3.14. The van der Waals surface area contributed by atoms with E-state index in [0.717, 1.165) is 18.9 Å². The predicted molar refractivity (Wildman–Crippen MR) is 44.4 cm³/mol. The molecular weight excluding hydrogens is 182 g/mol. The zero-order chi connectivity index (χ0) is 10.0. The molecule has 0 saturated heterocycles. The fourth-order valence-corrected chi connectivity index (χ4v) is 1.10. The van der Waals surface area contributed by atoms with E-state index >= 15 is 0 Å². The molecule has 0 aromatic heterocycles. The average molecular weight is 195 g/mol. The van der Waals surface area contributed by atoms with E-state index in [0.29, 0.717) is 6.42 Å². The van der Waals surface area contributed by atoms with E-state index in [1.807, 2.05) is 6.92 Å². The second-order valence-corrected chi connectivity index (χ2v) is 3.67. The minimum atomic E-state index is -3.70. The monoisotopic (exact) mass is 195 g/mol. The lowest BCUT2D eigenvalue weighted by molar-refractivity contribution is 0.480. The summed E-state index contributed by atoms with van der Waals surface area (Å²) in [4.78, 5) is 8.35. The molecule has 0 aliphatic heterocycles. The van der Waals surface area contributed by atoms with Gasteiger partial charge in [0.05, 0.1) is 5.75 Å². The third-order valence-electron chi connectivity index (χ3n) is 1.01. The van der Waals surface area contributed by atoms with E-state index in [2.05, 4.69) is 0 Å². The minimum absolute atomic E-state index is 0.0964. The number of nitrogens with one attached hydrogen (secondary N) is 1. The number of carbonyl (C=O) groups excluding carboxylic acids is 1. The van der Waals surface area contributed by atoms with Gasteiger partial charge < -0.3 is 0 Å². The summed E-state index contributed by atoms with van der Waals surface area (Å²) >= 11 is 0. The number of unbranched alkanes of at least 4 members (excludes halogenated alkanes) is 2. The summed E-state index contributed by atoms with van der Waals surface area (Å²) < 4.78 is 28.3. The molecule has 0 atom stereocenters. The Balaban J connectivity index is 0. The number of hydrogen-bond donors (Lipinski definition) is 2. The van der Waals surface area contributed by atoms with Gasteiger partial charge in [0, 0.05) is 0 Å². The molecular formula is C6H13NO4S. The Kier molecular flexibility index (Phi) is 9.68. The van der Waals surface area contributed by atoms with E-state index in [1.165, 1.54) is 0 Å². The normalized spacial score (nSPS) is 9.50. The minimum Gasteiger partial charge on any atom is -0.286 e. The Morgan fingerprint density at radius 2 is 1.83 bits per heavy atom. The number of rotatable bonds is 4. The van der Waals surface area contributed by atoms with Crippen molar-refractivity contribution < 1.29 is 17.8 Å². The summed E-state index contributed by atoms with van der Waals surface area (Å²) in [5.41, 5.74) is 0. The standard InChI is InChI=1S/C5H12O3S.CHNO/c1-2-3-4-5-9(6,7)8;2-1-3/h2-5H2,1H3,(H,6,7,8);2H. The van der Waals surface area contributed by atoms with E-state index in [9.17, 15) is 8.42 Å². The molecule has 0 spiro atoms. The predicted octanol–water partition coefficient (Wildman–Crippen LogP) is 0.965. The molecule has 2 N–H and O–H groups in total. The summed E-state index contributed by atoms with van der Waals surface area (Å²) in [5.74, 6) is -0.0964. The maximum Gasteiger partial charge on any atom is 0.264 e. The Morgan fingerprint density at radius 3 is 2.08 bits per heavy atom. The molecule has 0 rings (SSSR count). The molecule has 0 amide bonds. The van der Waals surface area contributed by atoms with Crippen LogP contribution in [0.1, 0.15) is 26.2 Å². The zero-order valence-electron chi connectivity index (χ0n) is 6.91. The third-order valence-corrected chi connectivity index (χ3v) is 1.81. The Labute approximate surface area is 72.0 Å². The maximum atomic E-state index is 10.1. The lowest BCUT2D eigenvalue weighted by Crippen LogP contribution is -2.02. The summed E-state index contributed by atoms with van der Waals surface area (Å²) in [6.45, 7) is 1.98. The lowest BCUT2D eigenvalue weighted by Gasteiger charge is -1.92. The first-order valence-corrected chi connectivity index (χ1v) is 5.07. The van der Waals surface area contributed by atoms with Crippen LogP contribution in [-0.2, 0) is 14.9 Å². The summed E-state index contributed by atoms with van der Waals surface area (Å²) in [6, 6.07) is 0. The lowest BCUT2D eigenvalue weighted by atomic mass is 10.3. The maximum absolute atomic E-state index is 10.1. The van der Waals surface area contributed by atoms with Crippen molar-refractivity contribution >= 4 is 16.2 Å². The Hall–Kier alpha value is -0.710. The van der Waals surface area contributed by atoms with Gasteiger partial charge in [-0.2, -0.15) is 8.42 Å². The fraction of sp³-hybridized carbons (Fsp3) is 0.833. The van der Waals surface area contributed by atoms with Gasteiger partial charge >= 0.3 is 0 Å². The van der Waals surface area contributed by atoms with Crippen molar-refractivity contribution in [2.45, 2.75) is 26.2 Å². The van der Waals surface area contributed by atoms with Gasteiger partial charge in [-0.3, -0.25) is 4.55 Å². The summed E-state index contributed by atoms with van der Waals surface area (Å²) in [7, 11) is -3.70. The molecule has 12 heavy (non-hydrogen) atoms. The van der Waals surface area contributed by atoms with Crippen LogP contribution in [0.25, 0.3) is 0 Å². The quantitative estimate of drug-likeness (QED) is 0.302. The highest BCUT2D eigenvalue weighted by molar-refractivity contribution is 7.85. The van der Waals surface area contributed by atoms with Crippen LogP contribution in [0.3, 0.4) is 0 Å². The van der Waals surface area contributed by atoms with Crippen molar-refractivity contribution in [2.75, 3.05) is 5.75 Å². The highest BCUT2D eigenvalue weighted by Gasteiger charge is 2.01. The second-order valence-electron chi connectivity index (χ2n) is 2.10. The summed E-state index contributed by atoms with van der Waals surface area (Å²) in [5, 5.41) is 5.40. The van der Waals surface area contributed by atoms with Gasteiger partial charge in [-0.15, -0.1) is 0 Å². The Morgan fingerprint density at radius 1 is 1.42 bits per heavy atom. The average Bonchev–Trinajstić information content (AvgIpc) is 1.87. The molecule has 6 heteroatoms. The first kappa shape index (κ1) is 13.9. The molecule has 0 fully saturated rings. The van der Waals surface area contributed by atoms with Gasteiger partial charge in [0.25, 0.3) is 10.1 Å². The van der Waals surface area contributed by atoms with Crippen LogP contribution in [-0.4, -0.2) is 24.8 Å². The van der Waals surface area contributed by atoms with Crippen molar-refractivity contribution in [2.24, 2.45) is 0 Å². The van der Waals surface area contributed by atoms with Crippen LogP contribution in [0.4, 0.5) is 0 Å². The molecule has 0 aliphatic rings. The topological polar surface area (TPSA) is 95.3 Å². The molecule has 0 aliphatic carbocycles. The fourth-order valence-electron chi connectivity index (χ4n) is 0.534. The smallest absolute Gasteiger partial charge is 0.264 e. The molecule has 0 saturated carbocycles. The number of isocyanates is 1. The molecule has 0 heterocycles. The van der Waals surface area contributed by atoms with Crippen LogP contribution >= 0.6 is 0 Å². The van der Waals surface area contributed by atoms with Crippen molar-refractivity contribution in [3.63, 3.8) is 0 Å². The highest BCUT2D eigenvalue weighted by atomic mass is 32.2. The molecule has 0 aromatic carbocycles. The van der Waals surface area contributed by atoms with Gasteiger partial charge in [0.2, 0.25) is 6.08 Å². The van der Waals surface area contributed by atoms with Crippen LogP contribution in [0, 0.1) is 5.41 Å². The van der Waals surface area contributed by atoms with Crippen LogP contribution in [0.15, 0.2) is 0 Å². The number of hydrogen-bond acceptors (Lipinski definition) is 4. The van der Waals surface area contributed by atoms with E-state index in [4.69, 9.17) is 14.8 Å². The zero-order valence-corrected chi connectivity index (χ0v) is 7.73. The van der Waals surface area contributed by atoms with Gasteiger partial charge in [0.15, 0.2) is 0 Å². The van der Waals surface area contributed by atoms with Crippen LogP contribution in [0.5, 0.6) is 0 Å². The van der Waals surface area contributed by atoms with Gasteiger partial charge in [-0.1, -0.05) is 19.8 Å². The molecule has 0 bridgehead atoms. The highest BCUT2D eigenvalue weighted by Crippen LogP contribution is 1.96. The SMILES string of the molecule is CCCCCS(=O)(=O)O.N=C=O. The van der Waals surface area contributed by atoms with E-state index in [-0.39, 0.29) is 5.75 Å². The van der Waals surface area contributed by atoms with E-state index in [1.54, 1.807) is 0 Å². The first-order valence-electron chi connectivity index (χ1n) is 3.47. The molecule has 0 unspecified atom stereocenters. The van der Waals surface area contributed by atoms with Gasteiger partial charge in [-0.05, 0) is 6.42 Å². The van der Waals surface area contributed by atoms with E-state index < -0.39 is 10.1 Å². The van der Waals surface area contributed by atoms with Crippen molar-refractivity contribution in [1.29, 1.82) is 5.41 Å². The molecule has 5 nitrogen and oxygen atoms in total. The third kappa shape index (κ3) is 22.8. The Bertz CT molecular complexity index is 216. The largest absolute Gasteiger partial charge is 0.286 e.